The van der Waals surface area contributed by atoms with Gasteiger partial charge < -0.3 is 4.74 Å². The largest absolute Gasteiger partial charge is 0.496 e. The van der Waals surface area contributed by atoms with E-state index in [1.807, 2.05) is 0 Å². The summed E-state index contributed by atoms with van der Waals surface area (Å²) in [5.41, 5.74) is 5.47. The third kappa shape index (κ3) is 3.16. The van der Waals surface area contributed by atoms with Crippen LogP contribution in [-0.2, 0) is 0 Å². The molecule has 100 valence electrons. The molecule has 0 aliphatic carbocycles. The lowest BCUT2D eigenvalue weighted by Gasteiger charge is -2.20. The van der Waals surface area contributed by atoms with Gasteiger partial charge in [0.1, 0.15) is 5.75 Å². The van der Waals surface area contributed by atoms with Gasteiger partial charge in [-0.15, -0.1) is 0 Å². The van der Waals surface area contributed by atoms with Crippen molar-refractivity contribution in [2.75, 3.05) is 7.11 Å². The van der Waals surface area contributed by atoms with E-state index in [4.69, 9.17) is 4.74 Å². The molecule has 0 N–H and O–H groups in total. The van der Waals surface area contributed by atoms with Crippen LogP contribution in [0.1, 0.15) is 54.9 Å². The van der Waals surface area contributed by atoms with Gasteiger partial charge in [-0.3, -0.25) is 0 Å². The summed E-state index contributed by atoms with van der Waals surface area (Å²) in [6.45, 7) is 11.0. The fourth-order valence-electron chi connectivity index (χ4n) is 2.62. The molecule has 0 heterocycles. The molecule has 1 nitrogen and oxygen atoms in total. The quantitative estimate of drug-likeness (QED) is 0.658. The second-order valence-corrected chi connectivity index (χ2v) is 5.08. The second kappa shape index (κ2) is 6.63. The summed E-state index contributed by atoms with van der Waals surface area (Å²) < 4.78 is 5.43. The fraction of sp³-hybridized carbons (Fsp3) is 0.529. The van der Waals surface area contributed by atoms with Gasteiger partial charge in [-0.2, -0.15) is 0 Å². The van der Waals surface area contributed by atoms with Gasteiger partial charge in [0.15, 0.2) is 0 Å². The van der Waals surface area contributed by atoms with Crippen molar-refractivity contribution in [3.05, 3.63) is 40.5 Å². The van der Waals surface area contributed by atoms with Crippen LogP contribution in [0.4, 0.5) is 0 Å². The minimum absolute atomic E-state index is 0.567. The molecule has 0 amide bonds. The summed E-state index contributed by atoms with van der Waals surface area (Å²) in [5, 5.41) is 0. The molecule has 0 saturated heterocycles. The molecule has 0 aromatic heterocycles. The highest BCUT2D eigenvalue weighted by atomic mass is 16.5. The van der Waals surface area contributed by atoms with Crippen molar-refractivity contribution in [3.63, 3.8) is 0 Å². The van der Waals surface area contributed by atoms with Crippen molar-refractivity contribution in [3.8, 4) is 5.75 Å². The van der Waals surface area contributed by atoms with E-state index in [-0.39, 0.29) is 0 Å². The predicted octanol–water partition coefficient (Wildman–Crippen LogP) is 5.08. The summed E-state index contributed by atoms with van der Waals surface area (Å²) in [7, 11) is 1.74. The summed E-state index contributed by atoms with van der Waals surface area (Å²) in [4.78, 5) is 0. The Bertz CT molecular complexity index is 430. The summed E-state index contributed by atoms with van der Waals surface area (Å²) in [5.74, 6) is 1.57. The van der Waals surface area contributed by atoms with Crippen molar-refractivity contribution in [2.24, 2.45) is 0 Å². The summed E-state index contributed by atoms with van der Waals surface area (Å²) in [6.07, 6.45) is 6.77. The molecule has 1 rings (SSSR count). The Labute approximate surface area is 112 Å². The van der Waals surface area contributed by atoms with E-state index in [1.54, 1.807) is 7.11 Å². The highest BCUT2D eigenvalue weighted by molar-refractivity contribution is 5.49. The fourth-order valence-corrected chi connectivity index (χ4v) is 2.62. The molecule has 18 heavy (non-hydrogen) atoms. The molecule has 0 bridgehead atoms. The minimum atomic E-state index is 0.567. The van der Waals surface area contributed by atoms with Crippen LogP contribution < -0.4 is 4.74 Å². The zero-order chi connectivity index (χ0) is 13.7. The number of aryl methyl sites for hydroxylation is 1. The Balaban J connectivity index is 3.09. The number of benzene rings is 1. The number of allylic oxidation sites excluding steroid dienone is 2. The molecular formula is C17H26O. The van der Waals surface area contributed by atoms with E-state index in [0.717, 1.165) is 18.6 Å². The topological polar surface area (TPSA) is 9.23 Å². The molecule has 0 radical (unpaired) electrons. The smallest absolute Gasteiger partial charge is 0.122 e. The number of methoxy groups -OCH3 is 1. The van der Waals surface area contributed by atoms with Crippen LogP contribution in [-0.4, -0.2) is 7.11 Å². The van der Waals surface area contributed by atoms with Crippen molar-refractivity contribution in [2.45, 2.75) is 53.4 Å². The summed E-state index contributed by atoms with van der Waals surface area (Å²) in [6, 6.07) is 2.16. The average molecular weight is 246 g/mol. The summed E-state index contributed by atoms with van der Waals surface area (Å²) >= 11 is 0. The lowest BCUT2D eigenvalue weighted by molar-refractivity contribution is 0.410. The van der Waals surface area contributed by atoms with E-state index in [0.29, 0.717) is 5.92 Å². The van der Waals surface area contributed by atoms with Gasteiger partial charge in [-0.05, 0) is 67.9 Å². The standard InChI is InChI=1S/C17H26O/c1-7-8-9-10-12(2)17-13(3)11-16(18-6)14(4)15(17)5/h8-9,11-12H,7,10H2,1-6H3/b9-8-. The first-order valence-corrected chi connectivity index (χ1v) is 6.82. The third-order valence-electron chi connectivity index (χ3n) is 3.71. The van der Waals surface area contributed by atoms with Crippen molar-refractivity contribution < 1.29 is 4.74 Å². The van der Waals surface area contributed by atoms with Crippen LogP contribution in [0.3, 0.4) is 0 Å². The Morgan fingerprint density at radius 2 is 1.83 bits per heavy atom. The van der Waals surface area contributed by atoms with Gasteiger partial charge in [-0.1, -0.05) is 26.0 Å². The number of ether oxygens (including phenoxy) is 1. The van der Waals surface area contributed by atoms with E-state index in [1.165, 1.54) is 22.3 Å². The Morgan fingerprint density at radius 3 is 2.39 bits per heavy atom. The van der Waals surface area contributed by atoms with E-state index in [9.17, 15) is 0 Å². The van der Waals surface area contributed by atoms with Gasteiger partial charge >= 0.3 is 0 Å². The molecule has 1 aromatic rings. The van der Waals surface area contributed by atoms with Gasteiger partial charge in [0, 0.05) is 0 Å². The molecule has 0 aliphatic heterocycles. The molecule has 0 spiro atoms. The monoisotopic (exact) mass is 246 g/mol. The maximum absolute atomic E-state index is 5.43. The zero-order valence-corrected chi connectivity index (χ0v) is 12.6. The SMILES string of the molecule is CC/C=C\CC(C)c1c(C)cc(OC)c(C)c1C. The Hall–Kier alpha value is -1.24. The zero-order valence-electron chi connectivity index (χ0n) is 12.6. The maximum atomic E-state index is 5.43. The first-order valence-electron chi connectivity index (χ1n) is 6.82. The maximum Gasteiger partial charge on any atom is 0.122 e. The molecule has 1 heteroatoms. The number of hydrogen-bond acceptors (Lipinski definition) is 1. The van der Waals surface area contributed by atoms with Crippen LogP contribution in [0, 0.1) is 20.8 Å². The lowest BCUT2D eigenvalue weighted by Crippen LogP contribution is -2.03. The molecular weight excluding hydrogens is 220 g/mol. The van der Waals surface area contributed by atoms with Gasteiger partial charge in [0.2, 0.25) is 0 Å². The number of rotatable bonds is 5. The molecule has 0 fully saturated rings. The van der Waals surface area contributed by atoms with Crippen LogP contribution in [0.15, 0.2) is 18.2 Å². The highest BCUT2D eigenvalue weighted by Crippen LogP contribution is 2.33. The van der Waals surface area contributed by atoms with E-state index in [2.05, 4.69) is 52.8 Å². The number of hydrogen-bond donors (Lipinski definition) is 0. The van der Waals surface area contributed by atoms with Crippen LogP contribution in [0.25, 0.3) is 0 Å². The van der Waals surface area contributed by atoms with Crippen molar-refractivity contribution >= 4 is 0 Å². The van der Waals surface area contributed by atoms with Crippen molar-refractivity contribution in [1.29, 1.82) is 0 Å². The third-order valence-corrected chi connectivity index (χ3v) is 3.71. The molecule has 0 saturated carbocycles. The lowest BCUT2D eigenvalue weighted by atomic mass is 9.87. The Morgan fingerprint density at radius 1 is 1.17 bits per heavy atom. The minimum Gasteiger partial charge on any atom is -0.496 e. The second-order valence-electron chi connectivity index (χ2n) is 5.08. The van der Waals surface area contributed by atoms with Crippen LogP contribution in [0.2, 0.25) is 0 Å². The van der Waals surface area contributed by atoms with Gasteiger partial charge in [-0.25, -0.2) is 0 Å². The Kier molecular flexibility index (Phi) is 5.46. The van der Waals surface area contributed by atoms with E-state index < -0.39 is 0 Å². The average Bonchev–Trinajstić information content (AvgIpc) is 2.34. The van der Waals surface area contributed by atoms with Gasteiger partial charge in [0.05, 0.1) is 7.11 Å². The van der Waals surface area contributed by atoms with Crippen molar-refractivity contribution in [1.82, 2.24) is 0 Å². The molecule has 1 aromatic carbocycles. The molecule has 1 atom stereocenters. The first-order chi connectivity index (χ1) is 8.52. The molecule has 0 aliphatic rings. The highest BCUT2D eigenvalue weighted by Gasteiger charge is 2.15. The predicted molar refractivity (Wildman–Crippen MR) is 79.7 cm³/mol. The first kappa shape index (κ1) is 14.8. The van der Waals surface area contributed by atoms with Crippen LogP contribution >= 0.6 is 0 Å². The van der Waals surface area contributed by atoms with Crippen LogP contribution in [0.5, 0.6) is 5.75 Å². The molecule has 1 unspecified atom stereocenters. The van der Waals surface area contributed by atoms with Gasteiger partial charge in [0.25, 0.3) is 0 Å². The van der Waals surface area contributed by atoms with E-state index >= 15 is 0 Å². The normalized spacial score (nSPS) is 13.0.